The second kappa shape index (κ2) is 4.27. The zero-order valence-corrected chi connectivity index (χ0v) is 8.82. The van der Waals surface area contributed by atoms with Crippen LogP contribution in [-0.2, 0) is 0 Å². The van der Waals surface area contributed by atoms with Crippen LogP contribution < -0.4 is 5.32 Å². The van der Waals surface area contributed by atoms with Gasteiger partial charge in [0.25, 0.3) is 0 Å². The van der Waals surface area contributed by atoms with Gasteiger partial charge in [-0.1, -0.05) is 12.5 Å². The zero-order valence-electron chi connectivity index (χ0n) is 8.82. The van der Waals surface area contributed by atoms with E-state index in [2.05, 4.69) is 5.32 Å². The molecule has 0 spiro atoms. The number of piperidine rings is 1. The molecule has 0 bridgehead atoms. The van der Waals surface area contributed by atoms with Crippen molar-refractivity contribution in [1.82, 2.24) is 5.32 Å². The summed E-state index contributed by atoms with van der Waals surface area (Å²) in [5.41, 5.74) is 0.730. The van der Waals surface area contributed by atoms with Crippen molar-refractivity contribution in [3.8, 4) is 0 Å². The fraction of sp³-hybridized carbons (Fsp3) is 0.500. The molecule has 1 aromatic rings. The minimum atomic E-state index is -0.433. The summed E-state index contributed by atoms with van der Waals surface area (Å²) in [6.45, 7) is 2.51. The molecule has 1 heterocycles. The van der Waals surface area contributed by atoms with Crippen LogP contribution in [0, 0.1) is 18.6 Å². The molecule has 1 fully saturated rings. The van der Waals surface area contributed by atoms with Crippen LogP contribution in [0.25, 0.3) is 0 Å². The van der Waals surface area contributed by atoms with Gasteiger partial charge >= 0.3 is 0 Å². The average molecular weight is 211 g/mol. The molecule has 1 aliphatic rings. The third kappa shape index (κ3) is 2.02. The van der Waals surface area contributed by atoms with Crippen LogP contribution >= 0.6 is 0 Å². The van der Waals surface area contributed by atoms with Crippen LogP contribution in [0.15, 0.2) is 12.1 Å². The Labute approximate surface area is 88.5 Å². The molecule has 0 amide bonds. The molecule has 1 atom stereocenters. The number of benzene rings is 1. The van der Waals surface area contributed by atoms with Gasteiger partial charge in [0.2, 0.25) is 0 Å². The van der Waals surface area contributed by atoms with Crippen molar-refractivity contribution in [3.63, 3.8) is 0 Å². The highest BCUT2D eigenvalue weighted by Gasteiger charge is 2.22. The Bertz CT molecular complexity index is 357. The molecular weight excluding hydrogens is 196 g/mol. The number of hydrogen-bond acceptors (Lipinski definition) is 1. The lowest BCUT2D eigenvalue weighted by molar-refractivity contribution is 0.384. The van der Waals surface area contributed by atoms with Gasteiger partial charge in [-0.15, -0.1) is 0 Å². The molecule has 0 aliphatic carbocycles. The summed E-state index contributed by atoms with van der Waals surface area (Å²) >= 11 is 0. The molecule has 15 heavy (non-hydrogen) atoms. The van der Waals surface area contributed by atoms with Gasteiger partial charge in [-0.25, -0.2) is 8.78 Å². The predicted octanol–water partition coefficient (Wildman–Crippen LogP) is 3.09. The third-order valence-corrected chi connectivity index (χ3v) is 2.98. The Morgan fingerprint density at radius 3 is 2.73 bits per heavy atom. The summed E-state index contributed by atoms with van der Waals surface area (Å²) < 4.78 is 27.3. The molecule has 1 saturated heterocycles. The maximum Gasteiger partial charge on any atom is 0.133 e. The van der Waals surface area contributed by atoms with Crippen LogP contribution in [0.4, 0.5) is 8.78 Å². The van der Waals surface area contributed by atoms with Gasteiger partial charge in [0, 0.05) is 11.6 Å². The lowest BCUT2D eigenvalue weighted by atomic mass is 9.95. The number of nitrogens with one attached hydrogen (secondary N) is 1. The van der Waals surface area contributed by atoms with Gasteiger partial charge in [-0.05, 0) is 37.9 Å². The molecule has 1 aliphatic heterocycles. The maximum atomic E-state index is 13.8. The van der Waals surface area contributed by atoms with Crippen molar-refractivity contribution in [2.24, 2.45) is 0 Å². The van der Waals surface area contributed by atoms with E-state index in [0.29, 0.717) is 5.56 Å². The van der Waals surface area contributed by atoms with E-state index in [1.165, 1.54) is 12.1 Å². The van der Waals surface area contributed by atoms with E-state index in [0.717, 1.165) is 25.8 Å². The van der Waals surface area contributed by atoms with Gasteiger partial charge in [-0.2, -0.15) is 0 Å². The quantitative estimate of drug-likeness (QED) is 0.752. The molecule has 0 saturated carbocycles. The summed E-state index contributed by atoms with van der Waals surface area (Å²) in [4.78, 5) is 0. The highest BCUT2D eigenvalue weighted by atomic mass is 19.1. The molecule has 0 unspecified atom stereocenters. The summed E-state index contributed by atoms with van der Waals surface area (Å²) in [5.74, 6) is -0.827. The first-order valence-electron chi connectivity index (χ1n) is 5.38. The Hall–Kier alpha value is -0.960. The Morgan fingerprint density at radius 2 is 2.07 bits per heavy atom. The topological polar surface area (TPSA) is 12.0 Å². The van der Waals surface area contributed by atoms with Crippen molar-refractivity contribution < 1.29 is 8.78 Å². The number of rotatable bonds is 1. The first kappa shape index (κ1) is 10.6. The molecule has 0 aromatic heterocycles. The van der Waals surface area contributed by atoms with E-state index in [9.17, 15) is 8.78 Å². The van der Waals surface area contributed by atoms with Crippen LogP contribution in [-0.4, -0.2) is 6.54 Å². The van der Waals surface area contributed by atoms with Gasteiger partial charge in [0.1, 0.15) is 11.6 Å². The van der Waals surface area contributed by atoms with Gasteiger partial charge in [0.05, 0.1) is 0 Å². The van der Waals surface area contributed by atoms with E-state index in [1.807, 2.05) is 0 Å². The lowest BCUT2D eigenvalue weighted by Crippen LogP contribution is -2.28. The summed E-state index contributed by atoms with van der Waals surface area (Å²) in [7, 11) is 0. The molecular formula is C12H15F2N. The smallest absolute Gasteiger partial charge is 0.133 e. The van der Waals surface area contributed by atoms with Crippen molar-refractivity contribution in [3.05, 3.63) is 34.9 Å². The second-order valence-electron chi connectivity index (χ2n) is 4.09. The highest BCUT2D eigenvalue weighted by Crippen LogP contribution is 2.28. The van der Waals surface area contributed by atoms with Crippen molar-refractivity contribution in [2.75, 3.05) is 6.54 Å². The fourth-order valence-electron chi connectivity index (χ4n) is 2.10. The van der Waals surface area contributed by atoms with E-state index in [-0.39, 0.29) is 11.6 Å². The van der Waals surface area contributed by atoms with Gasteiger partial charge < -0.3 is 5.32 Å². The molecule has 3 heteroatoms. The molecule has 82 valence electrons. The normalized spacial score (nSPS) is 21.7. The van der Waals surface area contributed by atoms with Crippen molar-refractivity contribution in [1.29, 1.82) is 0 Å². The molecule has 1 nitrogen and oxygen atoms in total. The van der Waals surface area contributed by atoms with E-state index in [1.54, 1.807) is 6.92 Å². The van der Waals surface area contributed by atoms with E-state index in [4.69, 9.17) is 0 Å². The largest absolute Gasteiger partial charge is 0.310 e. The number of halogens is 2. The van der Waals surface area contributed by atoms with Crippen LogP contribution in [0.2, 0.25) is 0 Å². The molecule has 0 radical (unpaired) electrons. The summed E-state index contributed by atoms with van der Waals surface area (Å²) in [6.07, 6.45) is 2.94. The van der Waals surface area contributed by atoms with E-state index >= 15 is 0 Å². The number of aryl methyl sites for hydroxylation is 1. The SMILES string of the molecule is Cc1ccc(F)c([C@@H]2CCCCN2)c1F. The van der Waals surface area contributed by atoms with Crippen LogP contribution in [0.1, 0.15) is 36.4 Å². The minimum Gasteiger partial charge on any atom is -0.310 e. The predicted molar refractivity (Wildman–Crippen MR) is 55.7 cm³/mol. The maximum absolute atomic E-state index is 13.8. The zero-order chi connectivity index (χ0) is 10.8. The molecule has 1 aromatic carbocycles. The Kier molecular flexibility index (Phi) is 3.00. The highest BCUT2D eigenvalue weighted by molar-refractivity contribution is 5.29. The van der Waals surface area contributed by atoms with Gasteiger partial charge in [0.15, 0.2) is 0 Å². The monoisotopic (exact) mass is 211 g/mol. The second-order valence-corrected chi connectivity index (χ2v) is 4.09. The molecule has 2 rings (SSSR count). The van der Waals surface area contributed by atoms with Gasteiger partial charge in [-0.3, -0.25) is 0 Å². The lowest BCUT2D eigenvalue weighted by Gasteiger charge is -2.25. The first-order valence-corrected chi connectivity index (χ1v) is 5.38. The first-order chi connectivity index (χ1) is 7.20. The number of hydrogen-bond donors (Lipinski definition) is 1. The van der Waals surface area contributed by atoms with Crippen LogP contribution in [0.3, 0.4) is 0 Å². The van der Waals surface area contributed by atoms with Crippen LogP contribution in [0.5, 0.6) is 0 Å². The summed E-state index contributed by atoms with van der Waals surface area (Å²) in [5, 5.41) is 3.16. The Balaban J connectivity index is 2.36. The third-order valence-electron chi connectivity index (χ3n) is 2.98. The fourth-order valence-corrected chi connectivity index (χ4v) is 2.10. The summed E-state index contributed by atoms with van der Waals surface area (Å²) in [6, 6.07) is 2.68. The van der Waals surface area contributed by atoms with E-state index < -0.39 is 11.6 Å². The standard InChI is InChI=1S/C12H15F2N/c1-8-5-6-9(13)11(12(8)14)10-4-2-3-7-15-10/h5-6,10,15H,2-4,7H2,1H3/t10-/m0/s1. The Morgan fingerprint density at radius 1 is 1.27 bits per heavy atom. The van der Waals surface area contributed by atoms with Crippen molar-refractivity contribution >= 4 is 0 Å². The average Bonchev–Trinajstić information content (AvgIpc) is 2.26. The molecule has 1 N–H and O–H groups in total. The minimum absolute atomic E-state index is 0.154. The van der Waals surface area contributed by atoms with Crippen molar-refractivity contribution in [2.45, 2.75) is 32.2 Å².